The first-order valence-electron chi connectivity index (χ1n) is 7.01. The predicted octanol–water partition coefficient (Wildman–Crippen LogP) is 1.80. The van der Waals surface area contributed by atoms with Crippen molar-refractivity contribution in [3.05, 3.63) is 24.3 Å². The van der Waals surface area contributed by atoms with E-state index in [1.54, 1.807) is 11.8 Å². The Balaban J connectivity index is 1.99. The van der Waals surface area contributed by atoms with Gasteiger partial charge in [-0.15, -0.1) is 11.8 Å². The fourth-order valence-electron chi connectivity index (χ4n) is 2.61. The maximum Gasteiger partial charge on any atom is 0.282 e. The lowest BCUT2D eigenvalue weighted by molar-refractivity contribution is -0.918. The van der Waals surface area contributed by atoms with Crippen molar-refractivity contribution < 1.29 is 9.69 Å². The molecule has 0 saturated carbocycles. The largest absolute Gasteiger partial charge is 0.325 e. The Kier molecular flexibility index (Phi) is 5.28. The molecule has 104 valence electrons. The highest BCUT2D eigenvalue weighted by Crippen LogP contribution is 2.24. The van der Waals surface area contributed by atoms with Crippen LogP contribution in [0.3, 0.4) is 0 Å². The number of anilines is 1. The molecule has 2 rings (SSSR count). The highest BCUT2D eigenvalue weighted by molar-refractivity contribution is 7.98. The number of rotatable bonds is 4. The van der Waals surface area contributed by atoms with E-state index in [0.29, 0.717) is 0 Å². The van der Waals surface area contributed by atoms with Gasteiger partial charge >= 0.3 is 0 Å². The zero-order chi connectivity index (χ0) is 13.7. The van der Waals surface area contributed by atoms with Crippen LogP contribution in [0.4, 0.5) is 5.69 Å². The summed E-state index contributed by atoms with van der Waals surface area (Å²) in [5.74, 6) is 0.137. The fourth-order valence-corrected chi connectivity index (χ4v) is 3.17. The third kappa shape index (κ3) is 3.74. The number of thioether (sulfide) groups is 1. The lowest BCUT2D eigenvalue weighted by Crippen LogP contribution is -3.17. The number of carbonyl (C=O) groups is 1. The van der Waals surface area contributed by atoms with E-state index in [1.807, 2.05) is 37.4 Å². The number of hydrogen-bond acceptors (Lipinski definition) is 2. The molecular weight excluding hydrogens is 256 g/mol. The number of amides is 1. The number of para-hydroxylation sites is 1. The van der Waals surface area contributed by atoms with Crippen molar-refractivity contribution in [2.24, 2.45) is 0 Å². The Bertz CT molecular complexity index is 430. The topological polar surface area (TPSA) is 33.5 Å². The number of carbonyl (C=O) groups excluding carboxylic acids is 1. The third-order valence-electron chi connectivity index (χ3n) is 3.87. The zero-order valence-electron chi connectivity index (χ0n) is 11.7. The van der Waals surface area contributed by atoms with Gasteiger partial charge < -0.3 is 10.2 Å². The Labute approximate surface area is 119 Å². The van der Waals surface area contributed by atoms with Crippen molar-refractivity contribution in [1.82, 2.24) is 0 Å². The van der Waals surface area contributed by atoms with E-state index >= 15 is 0 Å². The van der Waals surface area contributed by atoms with Crippen LogP contribution in [-0.4, -0.2) is 31.3 Å². The molecule has 3 nitrogen and oxygen atoms in total. The summed E-state index contributed by atoms with van der Waals surface area (Å²) < 4.78 is 0. The molecule has 0 aliphatic carbocycles. The van der Waals surface area contributed by atoms with Gasteiger partial charge in [0.1, 0.15) is 0 Å². The molecular formula is C15H23N2OS+. The Hall–Kier alpha value is -1.00. The van der Waals surface area contributed by atoms with Crippen LogP contribution in [-0.2, 0) is 4.79 Å². The molecule has 1 amide bonds. The van der Waals surface area contributed by atoms with E-state index in [9.17, 15) is 4.79 Å². The van der Waals surface area contributed by atoms with Crippen molar-refractivity contribution in [3.63, 3.8) is 0 Å². The number of nitrogens with one attached hydrogen (secondary N) is 2. The standard InChI is InChI=1S/C15H22N2OS/c1-12(17-10-6-3-7-11-17)15(18)16-13-8-4-5-9-14(13)19-2/h4-5,8-9,12H,3,6-7,10-11H2,1-2H3,(H,16,18)/p+1/t12-/m0/s1. The molecule has 1 aliphatic heterocycles. The number of quaternary nitrogens is 1. The van der Waals surface area contributed by atoms with Gasteiger partial charge in [-0.2, -0.15) is 0 Å². The quantitative estimate of drug-likeness (QED) is 0.824. The highest BCUT2D eigenvalue weighted by atomic mass is 32.2. The molecule has 0 aromatic heterocycles. The van der Waals surface area contributed by atoms with Crippen molar-refractivity contribution in [2.75, 3.05) is 24.7 Å². The van der Waals surface area contributed by atoms with Gasteiger partial charge in [-0.1, -0.05) is 12.1 Å². The van der Waals surface area contributed by atoms with Gasteiger partial charge in [-0.05, 0) is 44.6 Å². The van der Waals surface area contributed by atoms with Gasteiger partial charge in [0.25, 0.3) is 5.91 Å². The molecule has 0 bridgehead atoms. The molecule has 1 aromatic rings. The van der Waals surface area contributed by atoms with Crippen LogP contribution in [0.15, 0.2) is 29.2 Å². The molecule has 0 unspecified atom stereocenters. The van der Waals surface area contributed by atoms with Gasteiger partial charge in [-0.3, -0.25) is 4.79 Å². The molecule has 1 aromatic carbocycles. The molecule has 1 fully saturated rings. The number of likely N-dealkylation sites (tertiary alicyclic amines) is 1. The SMILES string of the molecule is CSc1ccccc1NC(=O)[C@H](C)[NH+]1CCCCC1. The van der Waals surface area contributed by atoms with Crippen molar-refractivity contribution in [1.29, 1.82) is 0 Å². The second-order valence-corrected chi connectivity index (χ2v) is 5.98. The average molecular weight is 279 g/mol. The fraction of sp³-hybridized carbons (Fsp3) is 0.533. The number of piperidine rings is 1. The minimum atomic E-state index is 0.0372. The first kappa shape index (κ1) is 14.4. The van der Waals surface area contributed by atoms with E-state index in [-0.39, 0.29) is 11.9 Å². The van der Waals surface area contributed by atoms with E-state index in [0.717, 1.165) is 23.7 Å². The molecule has 2 N–H and O–H groups in total. The van der Waals surface area contributed by atoms with Crippen LogP contribution >= 0.6 is 11.8 Å². The van der Waals surface area contributed by atoms with Crippen molar-refractivity contribution in [3.8, 4) is 0 Å². The van der Waals surface area contributed by atoms with Crippen LogP contribution < -0.4 is 10.2 Å². The minimum absolute atomic E-state index is 0.0372. The summed E-state index contributed by atoms with van der Waals surface area (Å²) in [6.07, 6.45) is 5.83. The summed E-state index contributed by atoms with van der Waals surface area (Å²) in [7, 11) is 0. The molecule has 0 spiro atoms. The normalized spacial score (nSPS) is 18.0. The molecule has 4 heteroatoms. The molecule has 1 saturated heterocycles. The highest BCUT2D eigenvalue weighted by Gasteiger charge is 2.26. The van der Waals surface area contributed by atoms with E-state index in [2.05, 4.69) is 5.32 Å². The van der Waals surface area contributed by atoms with E-state index in [4.69, 9.17) is 0 Å². The van der Waals surface area contributed by atoms with Crippen LogP contribution in [0, 0.1) is 0 Å². The Morgan fingerprint density at radius 3 is 2.63 bits per heavy atom. The third-order valence-corrected chi connectivity index (χ3v) is 4.66. The van der Waals surface area contributed by atoms with Gasteiger partial charge in [0, 0.05) is 4.90 Å². The van der Waals surface area contributed by atoms with Crippen LogP contribution in [0.5, 0.6) is 0 Å². The molecule has 0 radical (unpaired) electrons. The second kappa shape index (κ2) is 6.96. The molecule has 1 atom stereocenters. The van der Waals surface area contributed by atoms with Crippen LogP contribution in [0.1, 0.15) is 26.2 Å². The smallest absolute Gasteiger partial charge is 0.282 e. The number of hydrogen-bond donors (Lipinski definition) is 2. The summed E-state index contributed by atoms with van der Waals surface area (Å²) in [4.78, 5) is 14.9. The first-order chi connectivity index (χ1) is 9.22. The second-order valence-electron chi connectivity index (χ2n) is 5.13. The number of benzene rings is 1. The monoisotopic (exact) mass is 279 g/mol. The maximum absolute atomic E-state index is 12.3. The summed E-state index contributed by atoms with van der Waals surface area (Å²) >= 11 is 1.66. The first-order valence-corrected chi connectivity index (χ1v) is 8.23. The lowest BCUT2D eigenvalue weighted by Gasteiger charge is -2.28. The van der Waals surface area contributed by atoms with E-state index in [1.165, 1.54) is 24.2 Å². The average Bonchev–Trinajstić information content (AvgIpc) is 2.48. The Morgan fingerprint density at radius 2 is 1.95 bits per heavy atom. The predicted molar refractivity (Wildman–Crippen MR) is 80.9 cm³/mol. The summed E-state index contributed by atoms with van der Waals surface area (Å²) in [5, 5.41) is 3.08. The van der Waals surface area contributed by atoms with Crippen LogP contribution in [0.25, 0.3) is 0 Å². The van der Waals surface area contributed by atoms with Gasteiger partial charge in [0.2, 0.25) is 0 Å². The molecule has 1 heterocycles. The van der Waals surface area contributed by atoms with Crippen molar-refractivity contribution >= 4 is 23.4 Å². The maximum atomic E-state index is 12.3. The van der Waals surface area contributed by atoms with E-state index < -0.39 is 0 Å². The van der Waals surface area contributed by atoms with Gasteiger partial charge in [0.05, 0.1) is 18.8 Å². The van der Waals surface area contributed by atoms with Gasteiger partial charge in [-0.25, -0.2) is 0 Å². The molecule has 19 heavy (non-hydrogen) atoms. The minimum Gasteiger partial charge on any atom is -0.325 e. The zero-order valence-corrected chi connectivity index (χ0v) is 12.6. The summed E-state index contributed by atoms with van der Waals surface area (Å²) in [5.41, 5.74) is 0.934. The van der Waals surface area contributed by atoms with Crippen LogP contribution in [0.2, 0.25) is 0 Å². The van der Waals surface area contributed by atoms with Crippen molar-refractivity contribution in [2.45, 2.75) is 37.1 Å². The van der Waals surface area contributed by atoms with Gasteiger partial charge in [0.15, 0.2) is 6.04 Å². The molecule has 1 aliphatic rings. The summed E-state index contributed by atoms with van der Waals surface area (Å²) in [6, 6.07) is 8.02. The summed E-state index contributed by atoms with van der Waals surface area (Å²) in [6.45, 7) is 4.29. The lowest BCUT2D eigenvalue weighted by atomic mass is 10.1. The Morgan fingerprint density at radius 1 is 1.26 bits per heavy atom.